The molecule has 2 rings (SSSR count). The second-order valence-corrected chi connectivity index (χ2v) is 5.51. The highest BCUT2D eigenvalue weighted by Crippen LogP contribution is 2.28. The van der Waals surface area contributed by atoms with Crippen molar-refractivity contribution >= 4 is 11.6 Å². The van der Waals surface area contributed by atoms with Crippen LogP contribution < -0.4 is 0 Å². The highest BCUT2D eigenvalue weighted by Gasteiger charge is 2.25. The standard InChI is InChI=1S/C14H20ClNO/c1-10-4-3-5-11(2)16(10)9-12-8-13(15)6-7-14(12)17/h6-8,10-11,17H,3-5,9H2,1-2H3/t10-,11+. The van der Waals surface area contributed by atoms with E-state index in [1.54, 1.807) is 12.1 Å². The number of hydrogen-bond donors (Lipinski definition) is 1. The molecular formula is C14H20ClNO. The number of piperidine rings is 1. The van der Waals surface area contributed by atoms with E-state index in [9.17, 15) is 5.11 Å². The smallest absolute Gasteiger partial charge is 0.120 e. The zero-order chi connectivity index (χ0) is 12.4. The predicted octanol–water partition coefficient (Wildman–Crippen LogP) is 3.81. The topological polar surface area (TPSA) is 23.5 Å². The van der Waals surface area contributed by atoms with E-state index in [0.29, 0.717) is 22.9 Å². The van der Waals surface area contributed by atoms with E-state index in [1.165, 1.54) is 19.3 Å². The van der Waals surface area contributed by atoms with Crippen LogP contribution in [0.15, 0.2) is 18.2 Å². The first kappa shape index (κ1) is 12.7. The van der Waals surface area contributed by atoms with Crippen molar-refractivity contribution in [3.63, 3.8) is 0 Å². The Labute approximate surface area is 108 Å². The van der Waals surface area contributed by atoms with Crippen LogP contribution in [0, 0.1) is 0 Å². The SMILES string of the molecule is C[C@@H]1CCC[C@H](C)N1Cc1cc(Cl)ccc1O. The van der Waals surface area contributed by atoms with Crippen molar-refractivity contribution in [3.8, 4) is 5.75 Å². The number of nitrogens with zero attached hydrogens (tertiary/aromatic N) is 1. The molecule has 1 aromatic rings. The summed E-state index contributed by atoms with van der Waals surface area (Å²) >= 11 is 5.98. The molecule has 0 aliphatic carbocycles. The Bertz CT molecular complexity index is 384. The minimum Gasteiger partial charge on any atom is -0.508 e. The molecule has 2 atom stereocenters. The molecule has 1 fully saturated rings. The molecule has 0 radical (unpaired) electrons. The monoisotopic (exact) mass is 253 g/mol. The van der Waals surface area contributed by atoms with Crippen LogP contribution in [0.5, 0.6) is 5.75 Å². The normalized spacial score (nSPS) is 26.1. The first-order valence-electron chi connectivity index (χ1n) is 6.31. The van der Waals surface area contributed by atoms with Crippen LogP contribution in [0.3, 0.4) is 0 Å². The molecule has 2 nitrogen and oxygen atoms in total. The lowest BCUT2D eigenvalue weighted by Crippen LogP contribution is -2.42. The lowest BCUT2D eigenvalue weighted by atomic mass is 9.96. The van der Waals surface area contributed by atoms with Gasteiger partial charge >= 0.3 is 0 Å². The zero-order valence-electron chi connectivity index (χ0n) is 10.5. The molecule has 94 valence electrons. The van der Waals surface area contributed by atoms with Gasteiger partial charge in [0.15, 0.2) is 0 Å². The summed E-state index contributed by atoms with van der Waals surface area (Å²) in [7, 11) is 0. The van der Waals surface area contributed by atoms with Gasteiger partial charge in [-0.25, -0.2) is 0 Å². The van der Waals surface area contributed by atoms with E-state index >= 15 is 0 Å². The molecular weight excluding hydrogens is 234 g/mol. The van der Waals surface area contributed by atoms with E-state index in [-0.39, 0.29) is 0 Å². The summed E-state index contributed by atoms with van der Waals surface area (Å²) in [4.78, 5) is 2.45. The molecule has 0 aromatic heterocycles. The Kier molecular flexibility index (Phi) is 3.95. The van der Waals surface area contributed by atoms with Crippen LogP contribution in [0.4, 0.5) is 0 Å². The number of halogens is 1. The van der Waals surface area contributed by atoms with Gasteiger partial charge in [-0.2, -0.15) is 0 Å². The molecule has 1 aliphatic heterocycles. The average Bonchev–Trinajstić information content (AvgIpc) is 2.28. The number of phenolic OH excluding ortho intramolecular Hbond substituents is 1. The first-order valence-corrected chi connectivity index (χ1v) is 6.69. The lowest BCUT2D eigenvalue weighted by Gasteiger charge is -2.39. The van der Waals surface area contributed by atoms with Crippen LogP contribution >= 0.6 is 11.6 Å². The van der Waals surface area contributed by atoms with Crippen molar-refractivity contribution in [2.75, 3.05) is 0 Å². The molecule has 17 heavy (non-hydrogen) atoms. The van der Waals surface area contributed by atoms with Crippen LogP contribution in [0.25, 0.3) is 0 Å². The number of phenols is 1. The largest absolute Gasteiger partial charge is 0.508 e. The fourth-order valence-electron chi connectivity index (χ4n) is 2.66. The van der Waals surface area contributed by atoms with Gasteiger partial charge in [0, 0.05) is 29.2 Å². The number of aromatic hydroxyl groups is 1. The van der Waals surface area contributed by atoms with Gasteiger partial charge in [0.1, 0.15) is 5.75 Å². The Morgan fingerprint density at radius 3 is 2.59 bits per heavy atom. The van der Waals surface area contributed by atoms with E-state index < -0.39 is 0 Å². The number of benzene rings is 1. The van der Waals surface area contributed by atoms with Crippen molar-refractivity contribution in [1.29, 1.82) is 0 Å². The van der Waals surface area contributed by atoms with Gasteiger partial charge in [-0.05, 0) is 44.9 Å². The van der Waals surface area contributed by atoms with Crippen LogP contribution in [0.1, 0.15) is 38.7 Å². The van der Waals surface area contributed by atoms with Gasteiger partial charge in [-0.15, -0.1) is 0 Å². The predicted molar refractivity (Wildman–Crippen MR) is 71.4 cm³/mol. The Balaban J connectivity index is 2.16. The highest BCUT2D eigenvalue weighted by molar-refractivity contribution is 6.30. The van der Waals surface area contributed by atoms with Crippen molar-refractivity contribution in [2.45, 2.75) is 51.7 Å². The zero-order valence-corrected chi connectivity index (χ0v) is 11.2. The Hall–Kier alpha value is -0.730. The van der Waals surface area contributed by atoms with Gasteiger partial charge in [-0.3, -0.25) is 4.90 Å². The summed E-state index contributed by atoms with van der Waals surface area (Å²) in [6, 6.07) is 6.43. The number of rotatable bonds is 2. The Morgan fingerprint density at radius 2 is 1.94 bits per heavy atom. The number of likely N-dealkylation sites (tertiary alicyclic amines) is 1. The molecule has 0 unspecified atom stereocenters. The molecule has 1 saturated heterocycles. The summed E-state index contributed by atoms with van der Waals surface area (Å²) in [5, 5.41) is 10.5. The summed E-state index contributed by atoms with van der Waals surface area (Å²) in [6.07, 6.45) is 3.79. The molecule has 1 heterocycles. The van der Waals surface area contributed by atoms with E-state index in [4.69, 9.17) is 11.6 Å². The third-order valence-electron chi connectivity index (χ3n) is 3.77. The molecule has 1 aliphatic rings. The highest BCUT2D eigenvalue weighted by atomic mass is 35.5. The second-order valence-electron chi connectivity index (χ2n) is 5.07. The van der Waals surface area contributed by atoms with E-state index in [1.807, 2.05) is 6.07 Å². The minimum atomic E-state index is 0.347. The van der Waals surface area contributed by atoms with Crippen molar-refractivity contribution in [2.24, 2.45) is 0 Å². The summed E-state index contributed by atoms with van der Waals surface area (Å²) in [5.74, 6) is 0.347. The van der Waals surface area contributed by atoms with Crippen molar-refractivity contribution < 1.29 is 5.11 Å². The molecule has 3 heteroatoms. The van der Waals surface area contributed by atoms with Gasteiger partial charge in [0.05, 0.1) is 0 Å². The quantitative estimate of drug-likeness (QED) is 0.867. The van der Waals surface area contributed by atoms with Gasteiger partial charge in [0.2, 0.25) is 0 Å². The first-order chi connectivity index (χ1) is 8.08. The molecule has 0 saturated carbocycles. The summed E-state index contributed by atoms with van der Waals surface area (Å²) < 4.78 is 0. The van der Waals surface area contributed by atoms with Crippen molar-refractivity contribution in [1.82, 2.24) is 4.90 Å². The van der Waals surface area contributed by atoms with Gasteiger partial charge < -0.3 is 5.11 Å². The maximum Gasteiger partial charge on any atom is 0.120 e. The molecule has 0 spiro atoms. The van der Waals surface area contributed by atoms with Crippen LogP contribution in [0.2, 0.25) is 5.02 Å². The lowest BCUT2D eigenvalue weighted by molar-refractivity contribution is 0.0944. The third-order valence-corrected chi connectivity index (χ3v) is 4.01. The van der Waals surface area contributed by atoms with E-state index in [0.717, 1.165) is 12.1 Å². The van der Waals surface area contributed by atoms with Crippen LogP contribution in [-0.4, -0.2) is 22.1 Å². The summed E-state index contributed by atoms with van der Waals surface area (Å²) in [5.41, 5.74) is 0.929. The fraction of sp³-hybridized carbons (Fsp3) is 0.571. The number of hydrogen-bond acceptors (Lipinski definition) is 2. The van der Waals surface area contributed by atoms with Gasteiger partial charge in [-0.1, -0.05) is 18.0 Å². The molecule has 1 aromatic carbocycles. The van der Waals surface area contributed by atoms with E-state index in [2.05, 4.69) is 18.7 Å². The van der Waals surface area contributed by atoms with Crippen molar-refractivity contribution in [3.05, 3.63) is 28.8 Å². The minimum absolute atomic E-state index is 0.347. The maximum atomic E-state index is 9.85. The van der Waals surface area contributed by atoms with Crippen LogP contribution in [-0.2, 0) is 6.54 Å². The molecule has 0 bridgehead atoms. The summed E-state index contributed by atoms with van der Waals surface area (Å²) in [6.45, 7) is 5.31. The third kappa shape index (κ3) is 2.93. The maximum absolute atomic E-state index is 9.85. The fourth-order valence-corrected chi connectivity index (χ4v) is 2.86. The average molecular weight is 254 g/mol. The molecule has 1 N–H and O–H groups in total. The second kappa shape index (κ2) is 5.28. The van der Waals surface area contributed by atoms with Gasteiger partial charge in [0.25, 0.3) is 0 Å². The molecule has 0 amide bonds. The Morgan fingerprint density at radius 1 is 1.29 bits per heavy atom.